The summed E-state index contributed by atoms with van der Waals surface area (Å²) < 4.78 is 0. The highest BCUT2D eigenvalue weighted by Crippen LogP contribution is 2.30. The van der Waals surface area contributed by atoms with E-state index in [1.807, 2.05) is 6.92 Å². The Morgan fingerprint density at radius 2 is 2.21 bits per heavy atom. The molecule has 1 aromatic rings. The van der Waals surface area contributed by atoms with Crippen molar-refractivity contribution < 1.29 is 9.59 Å². The first kappa shape index (κ1) is 13.3. The van der Waals surface area contributed by atoms with Crippen molar-refractivity contribution >= 4 is 11.8 Å². The van der Waals surface area contributed by atoms with E-state index in [2.05, 4.69) is 15.5 Å². The largest absolute Gasteiger partial charge is 0.359 e. The molecule has 102 valence electrons. The fourth-order valence-electron chi connectivity index (χ4n) is 2.25. The number of hydrogen-bond donors (Lipinski definition) is 2. The minimum absolute atomic E-state index is 0.0720. The number of nitrogens with one attached hydrogen (secondary N) is 2. The molecule has 1 aliphatic heterocycles. The number of aromatic amines is 1. The smallest absolute Gasteiger partial charge is 0.274 e. The molecule has 0 aromatic carbocycles. The van der Waals surface area contributed by atoms with E-state index >= 15 is 0 Å². The summed E-state index contributed by atoms with van der Waals surface area (Å²) in [5.41, 5.74) is -0.735. The van der Waals surface area contributed by atoms with Crippen molar-refractivity contribution in [1.29, 1.82) is 0 Å². The van der Waals surface area contributed by atoms with Gasteiger partial charge in [-0.25, -0.2) is 5.10 Å². The molecule has 1 saturated heterocycles. The lowest BCUT2D eigenvalue weighted by Gasteiger charge is -2.22. The van der Waals surface area contributed by atoms with Gasteiger partial charge in [-0.05, 0) is 19.4 Å². The lowest BCUT2D eigenvalue weighted by molar-refractivity contribution is -0.128. The molecular weight excluding hydrogens is 248 g/mol. The van der Waals surface area contributed by atoms with E-state index in [1.54, 1.807) is 11.9 Å². The van der Waals surface area contributed by atoms with Crippen LogP contribution in [0.25, 0.3) is 0 Å². The molecule has 2 heterocycles. The summed E-state index contributed by atoms with van der Waals surface area (Å²) in [6.07, 6.45) is 0.613. The SMILES string of the molecule is CNC(=O)C1(C)CCN(C(=O)c2ccc(=O)[nH]n2)C1. The molecule has 0 spiro atoms. The first-order valence-electron chi connectivity index (χ1n) is 6.03. The van der Waals surface area contributed by atoms with Gasteiger partial charge < -0.3 is 10.2 Å². The lowest BCUT2D eigenvalue weighted by atomic mass is 9.89. The second-order valence-corrected chi connectivity index (χ2v) is 4.92. The van der Waals surface area contributed by atoms with E-state index in [4.69, 9.17) is 0 Å². The van der Waals surface area contributed by atoms with Gasteiger partial charge in [0.2, 0.25) is 5.91 Å². The molecule has 2 amide bonds. The Morgan fingerprint density at radius 1 is 1.47 bits per heavy atom. The maximum atomic E-state index is 12.2. The molecule has 2 rings (SSSR count). The zero-order valence-corrected chi connectivity index (χ0v) is 10.9. The number of rotatable bonds is 2. The molecule has 1 fully saturated rings. The standard InChI is InChI=1S/C12H16N4O3/c1-12(11(19)13-2)5-6-16(7-12)10(18)8-3-4-9(17)15-14-8/h3-4H,5-7H2,1-2H3,(H,13,19)(H,15,17). The second-order valence-electron chi connectivity index (χ2n) is 4.92. The number of H-pyrrole nitrogens is 1. The van der Waals surface area contributed by atoms with Crippen LogP contribution in [0.2, 0.25) is 0 Å². The number of carbonyl (C=O) groups excluding carboxylic acids is 2. The first-order chi connectivity index (χ1) is 8.96. The third kappa shape index (κ3) is 2.49. The van der Waals surface area contributed by atoms with Crippen molar-refractivity contribution in [3.63, 3.8) is 0 Å². The Balaban J connectivity index is 2.13. The number of nitrogens with zero attached hydrogens (tertiary/aromatic N) is 2. The van der Waals surface area contributed by atoms with E-state index in [9.17, 15) is 14.4 Å². The van der Waals surface area contributed by atoms with Crippen LogP contribution >= 0.6 is 0 Å². The number of likely N-dealkylation sites (tertiary alicyclic amines) is 1. The van der Waals surface area contributed by atoms with Crippen LogP contribution in [0.1, 0.15) is 23.8 Å². The lowest BCUT2D eigenvalue weighted by Crippen LogP contribution is -2.40. The van der Waals surface area contributed by atoms with Crippen molar-refractivity contribution in [3.8, 4) is 0 Å². The maximum Gasteiger partial charge on any atom is 0.274 e. The average molecular weight is 264 g/mol. The number of aromatic nitrogens is 2. The highest BCUT2D eigenvalue weighted by molar-refractivity contribution is 5.93. The predicted octanol–water partition coefficient (Wildman–Crippen LogP) is -0.632. The topological polar surface area (TPSA) is 95.2 Å². The van der Waals surface area contributed by atoms with Crippen molar-refractivity contribution in [2.45, 2.75) is 13.3 Å². The summed E-state index contributed by atoms with van der Waals surface area (Å²) in [5, 5.41) is 8.55. The molecule has 0 aliphatic carbocycles. The van der Waals surface area contributed by atoms with Crippen LogP contribution in [0, 0.1) is 5.41 Å². The van der Waals surface area contributed by atoms with Gasteiger partial charge in [-0.1, -0.05) is 0 Å². The Labute approximate surface area is 110 Å². The van der Waals surface area contributed by atoms with Gasteiger partial charge in [0.05, 0.1) is 5.41 Å². The minimum atomic E-state index is -0.563. The molecule has 1 aliphatic rings. The van der Waals surface area contributed by atoms with Crippen LogP contribution in [-0.2, 0) is 4.79 Å². The Hall–Kier alpha value is -2.18. The number of hydrogen-bond acceptors (Lipinski definition) is 4. The summed E-state index contributed by atoms with van der Waals surface area (Å²) in [6, 6.07) is 2.64. The monoisotopic (exact) mass is 264 g/mol. The third-order valence-corrected chi connectivity index (χ3v) is 3.43. The average Bonchev–Trinajstić information content (AvgIpc) is 2.82. The number of amides is 2. The second kappa shape index (κ2) is 4.83. The maximum absolute atomic E-state index is 12.2. The van der Waals surface area contributed by atoms with Crippen LogP contribution in [0.4, 0.5) is 0 Å². The Morgan fingerprint density at radius 3 is 2.79 bits per heavy atom. The molecule has 1 aromatic heterocycles. The van der Waals surface area contributed by atoms with Gasteiger partial charge in [0.25, 0.3) is 11.5 Å². The van der Waals surface area contributed by atoms with Crippen LogP contribution in [0.15, 0.2) is 16.9 Å². The van der Waals surface area contributed by atoms with Crippen LogP contribution < -0.4 is 10.9 Å². The molecule has 19 heavy (non-hydrogen) atoms. The fourth-order valence-corrected chi connectivity index (χ4v) is 2.25. The Bertz CT molecular complexity index is 548. The first-order valence-corrected chi connectivity index (χ1v) is 6.03. The van der Waals surface area contributed by atoms with Gasteiger partial charge in [-0.3, -0.25) is 14.4 Å². The van der Waals surface area contributed by atoms with Crippen LogP contribution in [0.5, 0.6) is 0 Å². The van der Waals surface area contributed by atoms with E-state index < -0.39 is 5.41 Å². The molecule has 1 atom stereocenters. The van der Waals surface area contributed by atoms with Crippen molar-refractivity contribution in [2.24, 2.45) is 5.41 Å². The van der Waals surface area contributed by atoms with Crippen molar-refractivity contribution in [2.75, 3.05) is 20.1 Å². The van der Waals surface area contributed by atoms with Gasteiger partial charge in [-0.15, -0.1) is 0 Å². The summed E-state index contributed by atoms with van der Waals surface area (Å²) in [6.45, 7) is 2.69. The van der Waals surface area contributed by atoms with Gasteiger partial charge >= 0.3 is 0 Å². The molecule has 7 heteroatoms. The van der Waals surface area contributed by atoms with E-state index in [0.29, 0.717) is 19.5 Å². The molecule has 2 N–H and O–H groups in total. The highest BCUT2D eigenvalue weighted by Gasteiger charge is 2.41. The van der Waals surface area contributed by atoms with Crippen LogP contribution in [0.3, 0.4) is 0 Å². The van der Waals surface area contributed by atoms with Crippen molar-refractivity contribution in [1.82, 2.24) is 20.4 Å². The van der Waals surface area contributed by atoms with Gasteiger partial charge in [-0.2, -0.15) is 5.10 Å². The summed E-state index contributed by atoms with van der Waals surface area (Å²) in [4.78, 5) is 36.4. The molecule has 0 radical (unpaired) electrons. The van der Waals surface area contributed by atoms with E-state index in [0.717, 1.165) is 0 Å². The molecule has 1 unspecified atom stereocenters. The van der Waals surface area contributed by atoms with Gasteiger partial charge in [0.1, 0.15) is 5.69 Å². The summed E-state index contributed by atoms with van der Waals surface area (Å²) in [5.74, 6) is -0.346. The summed E-state index contributed by atoms with van der Waals surface area (Å²) in [7, 11) is 1.58. The molecule has 0 bridgehead atoms. The van der Waals surface area contributed by atoms with E-state index in [1.165, 1.54) is 12.1 Å². The van der Waals surface area contributed by atoms with Gasteiger partial charge in [0.15, 0.2) is 0 Å². The minimum Gasteiger partial charge on any atom is -0.359 e. The normalized spacial score (nSPS) is 22.3. The van der Waals surface area contributed by atoms with Crippen molar-refractivity contribution in [3.05, 3.63) is 28.2 Å². The van der Waals surface area contributed by atoms with Gasteiger partial charge in [0, 0.05) is 26.2 Å². The summed E-state index contributed by atoms with van der Waals surface area (Å²) >= 11 is 0. The molecule has 0 saturated carbocycles. The molecule has 7 nitrogen and oxygen atoms in total. The quantitative estimate of drug-likeness (QED) is 0.743. The van der Waals surface area contributed by atoms with Crippen LogP contribution in [-0.4, -0.2) is 47.0 Å². The number of carbonyl (C=O) groups is 2. The third-order valence-electron chi connectivity index (χ3n) is 3.43. The Kier molecular flexibility index (Phi) is 3.37. The highest BCUT2D eigenvalue weighted by atomic mass is 16.2. The fraction of sp³-hybridized carbons (Fsp3) is 0.500. The zero-order chi connectivity index (χ0) is 14.0. The zero-order valence-electron chi connectivity index (χ0n) is 10.9. The van der Waals surface area contributed by atoms with E-state index in [-0.39, 0.29) is 23.1 Å². The predicted molar refractivity (Wildman–Crippen MR) is 67.6 cm³/mol. The molecular formula is C12H16N4O3.